The van der Waals surface area contributed by atoms with Gasteiger partial charge in [0.15, 0.2) is 5.96 Å². The van der Waals surface area contributed by atoms with Crippen LogP contribution >= 0.6 is 35.6 Å². The van der Waals surface area contributed by atoms with Crippen molar-refractivity contribution >= 4 is 51.6 Å². The summed E-state index contributed by atoms with van der Waals surface area (Å²) in [7, 11) is 0.278. The molecule has 0 aliphatic rings. The van der Waals surface area contributed by atoms with E-state index in [2.05, 4.69) is 15.0 Å². The number of sulfonamides is 1. The average molecular weight is 519 g/mol. The molecule has 0 radical (unpaired) electrons. The van der Waals surface area contributed by atoms with Gasteiger partial charge in [-0.15, -0.1) is 24.0 Å². The van der Waals surface area contributed by atoms with Crippen molar-refractivity contribution in [3.05, 3.63) is 29.3 Å². The second-order valence-electron chi connectivity index (χ2n) is 6.39. The van der Waals surface area contributed by atoms with E-state index in [4.69, 9.17) is 16.3 Å². The Labute approximate surface area is 178 Å². The van der Waals surface area contributed by atoms with Crippen LogP contribution in [-0.4, -0.2) is 64.9 Å². The second kappa shape index (κ2) is 11.2. The van der Waals surface area contributed by atoms with Crippen molar-refractivity contribution in [2.24, 2.45) is 4.99 Å². The third-order valence-electron chi connectivity index (χ3n) is 3.22. The number of halogens is 2. The van der Waals surface area contributed by atoms with Gasteiger partial charge in [0.2, 0.25) is 10.0 Å². The van der Waals surface area contributed by atoms with Gasteiger partial charge in [-0.2, -0.15) is 0 Å². The summed E-state index contributed by atoms with van der Waals surface area (Å²) in [4.78, 5) is 6.11. The third-order valence-corrected chi connectivity index (χ3v) is 4.37. The maximum absolute atomic E-state index is 11.4. The fraction of sp³-hybridized carbons (Fsp3) is 0.562. The van der Waals surface area contributed by atoms with E-state index in [9.17, 15) is 8.42 Å². The van der Waals surface area contributed by atoms with Crippen LogP contribution in [0.5, 0.6) is 5.75 Å². The van der Waals surface area contributed by atoms with Gasteiger partial charge in [-0.1, -0.05) is 17.7 Å². The van der Waals surface area contributed by atoms with E-state index >= 15 is 0 Å². The van der Waals surface area contributed by atoms with Crippen molar-refractivity contribution in [3.63, 3.8) is 0 Å². The Kier molecular flexibility index (Phi) is 10.8. The predicted octanol–water partition coefficient (Wildman–Crippen LogP) is 2.17. The molecule has 0 saturated heterocycles. The first-order chi connectivity index (χ1) is 11.5. The van der Waals surface area contributed by atoms with Crippen LogP contribution in [0.25, 0.3) is 0 Å². The zero-order chi connectivity index (χ0) is 19.1. The minimum atomic E-state index is -3.28. The Morgan fingerprint density at radius 2 is 2.04 bits per heavy atom. The molecule has 0 aliphatic heterocycles. The van der Waals surface area contributed by atoms with E-state index in [1.54, 1.807) is 33.0 Å². The highest BCUT2D eigenvalue weighted by molar-refractivity contribution is 14.0. The topological polar surface area (TPSA) is 83.0 Å². The number of hydrogen-bond acceptors (Lipinski definition) is 4. The largest absolute Gasteiger partial charge is 0.492 e. The van der Waals surface area contributed by atoms with Crippen molar-refractivity contribution in [2.75, 3.05) is 40.0 Å². The molecule has 0 atom stereocenters. The van der Waals surface area contributed by atoms with Gasteiger partial charge in [0.1, 0.15) is 12.4 Å². The molecule has 0 heterocycles. The number of nitrogens with zero attached hydrogens (tertiary/aromatic N) is 2. The molecule has 0 amide bonds. The molecule has 0 bridgehead atoms. The van der Waals surface area contributed by atoms with Gasteiger partial charge < -0.3 is 15.0 Å². The maximum atomic E-state index is 11.4. The number of ether oxygens (including phenoxy) is 1. The van der Waals surface area contributed by atoms with E-state index in [1.165, 1.54) is 0 Å². The Morgan fingerprint density at radius 1 is 1.38 bits per heavy atom. The highest BCUT2D eigenvalue weighted by atomic mass is 127. The lowest BCUT2D eigenvalue weighted by Crippen LogP contribution is -2.53. The summed E-state index contributed by atoms with van der Waals surface area (Å²) in [5, 5.41) is 3.79. The van der Waals surface area contributed by atoms with Crippen LogP contribution in [-0.2, 0) is 10.0 Å². The normalized spacial score (nSPS) is 12.3. The number of aliphatic imine (C=N–C) groups is 1. The van der Waals surface area contributed by atoms with Gasteiger partial charge >= 0.3 is 0 Å². The number of nitrogens with one attached hydrogen (secondary N) is 2. The van der Waals surface area contributed by atoms with Gasteiger partial charge in [0, 0.05) is 31.2 Å². The lowest BCUT2D eigenvalue weighted by atomic mass is 10.1. The minimum absolute atomic E-state index is 0. The first kappa shape index (κ1) is 25.2. The van der Waals surface area contributed by atoms with Gasteiger partial charge in [0.05, 0.1) is 12.8 Å². The third kappa shape index (κ3) is 10.4. The van der Waals surface area contributed by atoms with Crippen LogP contribution in [0.2, 0.25) is 5.02 Å². The highest BCUT2D eigenvalue weighted by Crippen LogP contribution is 2.16. The number of rotatable bonds is 8. The van der Waals surface area contributed by atoms with Crippen LogP contribution in [0.1, 0.15) is 13.8 Å². The molecule has 0 aromatic heterocycles. The molecular weight excluding hydrogens is 491 g/mol. The quantitative estimate of drug-likeness (QED) is 0.313. The Balaban J connectivity index is 0.00000625. The molecule has 1 rings (SSSR count). The minimum Gasteiger partial charge on any atom is -0.492 e. The Morgan fingerprint density at radius 3 is 2.58 bits per heavy atom. The molecule has 0 saturated carbocycles. The molecule has 2 N–H and O–H groups in total. The lowest BCUT2D eigenvalue weighted by Gasteiger charge is -2.29. The average Bonchev–Trinajstić information content (AvgIpc) is 2.45. The van der Waals surface area contributed by atoms with Crippen LogP contribution in [0, 0.1) is 0 Å². The summed E-state index contributed by atoms with van der Waals surface area (Å²) < 4.78 is 31.0. The fourth-order valence-corrected chi connectivity index (χ4v) is 3.44. The summed E-state index contributed by atoms with van der Waals surface area (Å²) in [6.07, 6.45) is 1.14. The summed E-state index contributed by atoms with van der Waals surface area (Å²) in [5.74, 6) is 1.36. The Hall–Kier alpha value is -0.780. The first-order valence-electron chi connectivity index (χ1n) is 7.81. The Bertz CT molecular complexity index is 698. The van der Waals surface area contributed by atoms with E-state index in [-0.39, 0.29) is 24.0 Å². The number of guanidine groups is 1. The molecule has 1 aromatic carbocycles. The smallest absolute Gasteiger partial charge is 0.209 e. The van der Waals surface area contributed by atoms with Gasteiger partial charge in [0.25, 0.3) is 0 Å². The zero-order valence-corrected chi connectivity index (χ0v) is 19.6. The van der Waals surface area contributed by atoms with E-state index in [1.807, 2.05) is 24.1 Å². The molecule has 0 unspecified atom stereocenters. The SMILES string of the molecule is CN=C(NCC(C)(C)NS(C)(=O)=O)N(C)CCOc1cccc(Cl)c1.I. The van der Waals surface area contributed by atoms with Crippen molar-refractivity contribution in [1.82, 2.24) is 14.9 Å². The van der Waals surface area contributed by atoms with Crippen LogP contribution in [0.15, 0.2) is 29.3 Å². The molecule has 10 heteroatoms. The van der Waals surface area contributed by atoms with Crippen molar-refractivity contribution in [1.29, 1.82) is 0 Å². The molecule has 150 valence electrons. The lowest BCUT2D eigenvalue weighted by molar-refractivity contribution is 0.280. The van der Waals surface area contributed by atoms with Gasteiger partial charge in [-0.3, -0.25) is 4.99 Å². The maximum Gasteiger partial charge on any atom is 0.209 e. The predicted molar refractivity (Wildman–Crippen MR) is 118 cm³/mol. The molecule has 0 aliphatic carbocycles. The summed E-state index contributed by atoms with van der Waals surface area (Å²) in [6.45, 7) is 5.06. The van der Waals surface area contributed by atoms with Crippen LogP contribution < -0.4 is 14.8 Å². The number of hydrogen-bond donors (Lipinski definition) is 2. The monoisotopic (exact) mass is 518 g/mol. The van der Waals surface area contributed by atoms with Crippen molar-refractivity contribution in [3.8, 4) is 5.75 Å². The number of benzene rings is 1. The highest BCUT2D eigenvalue weighted by Gasteiger charge is 2.22. The standard InChI is InChI=1S/C16H27ClN4O3S.HI/c1-16(2,20-25(5,22)23)12-19-15(18-3)21(4)9-10-24-14-8-6-7-13(17)11-14;/h6-8,11,20H,9-10,12H2,1-5H3,(H,18,19);1H. The molecule has 0 fully saturated rings. The van der Waals surface area contributed by atoms with E-state index < -0.39 is 15.6 Å². The van der Waals surface area contributed by atoms with Crippen LogP contribution in [0.4, 0.5) is 0 Å². The number of likely N-dealkylation sites (N-methyl/N-ethyl adjacent to an activating group) is 1. The first-order valence-corrected chi connectivity index (χ1v) is 10.1. The molecule has 26 heavy (non-hydrogen) atoms. The molecular formula is C16H28ClIN4O3S. The fourth-order valence-electron chi connectivity index (χ4n) is 2.19. The van der Waals surface area contributed by atoms with Crippen LogP contribution in [0.3, 0.4) is 0 Å². The van der Waals surface area contributed by atoms with E-state index in [0.717, 1.165) is 6.26 Å². The van der Waals surface area contributed by atoms with E-state index in [0.29, 0.717) is 36.4 Å². The zero-order valence-electron chi connectivity index (χ0n) is 15.7. The summed E-state index contributed by atoms with van der Waals surface area (Å²) >= 11 is 5.92. The van der Waals surface area contributed by atoms with Crippen molar-refractivity contribution < 1.29 is 13.2 Å². The van der Waals surface area contributed by atoms with Crippen molar-refractivity contribution in [2.45, 2.75) is 19.4 Å². The van der Waals surface area contributed by atoms with Gasteiger partial charge in [-0.05, 0) is 32.0 Å². The molecule has 1 aromatic rings. The summed E-state index contributed by atoms with van der Waals surface area (Å²) in [5.41, 5.74) is -0.637. The van der Waals surface area contributed by atoms with Gasteiger partial charge in [-0.25, -0.2) is 13.1 Å². The molecule has 7 nitrogen and oxygen atoms in total. The molecule has 0 spiro atoms. The second-order valence-corrected chi connectivity index (χ2v) is 8.57. The summed E-state index contributed by atoms with van der Waals surface area (Å²) in [6, 6.07) is 7.23.